The van der Waals surface area contributed by atoms with Crippen LogP contribution >= 0.6 is 0 Å². The van der Waals surface area contributed by atoms with Crippen molar-refractivity contribution in [1.29, 1.82) is 0 Å². The Bertz CT molecular complexity index is 932. The lowest BCUT2D eigenvalue weighted by Gasteiger charge is -2.09. The van der Waals surface area contributed by atoms with Gasteiger partial charge in [0.25, 0.3) is 5.91 Å². The number of carbonyl (C=O) groups is 1. The van der Waals surface area contributed by atoms with Crippen molar-refractivity contribution < 1.29 is 13.9 Å². The molecule has 0 saturated heterocycles. The van der Waals surface area contributed by atoms with Gasteiger partial charge in [-0.05, 0) is 41.8 Å². The van der Waals surface area contributed by atoms with Gasteiger partial charge in [-0.3, -0.25) is 4.79 Å². The monoisotopic (exact) mass is 380 g/mol. The molecule has 0 radical (unpaired) electrons. The number of methoxy groups -OCH3 is 1. The van der Waals surface area contributed by atoms with Crippen LogP contribution in [-0.4, -0.2) is 29.5 Å². The van der Waals surface area contributed by atoms with E-state index in [1.165, 1.54) is 18.3 Å². The molecule has 0 atom stereocenters. The zero-order valence-electron chi connectivity index (χ0n) is 15.5. The molecule has 0 spiro atoms. The van der Waals surface area contributed by atoms with Gasteiger partial charge in [0.15, 0.2) is 0 Å². The van der Waals surface area contributed by atoms with Crippen molar-refractivity contribution in [3.05, 3.63) is 83.4 Å². The highest BCUT2D eigenvalue weighted by Crippen LogP contribution is 2.17. The normalized spacial score (nSPS) is 10.4. The van der Waals surface area contributed by atoms with Crippen LogP contribution in [0.25, 0.3) is 0 Å². The van der Waals surface area contributed by atoms with Crippen molar-refractivity contribution >= 4 is 11.9 Å². The minimum absolute atomic E-state index is 0.275. The first-order chi connectivity index (χ1) is 13.7. The Morgan fingerprint density at radius 3 is 2.68 bits per heavy atom. The van der Waals surface area contributed by atoms with E-state index in [-0.39, 0.29) is 17.4 Å². The number of ether oxygens (including phenoxy) is 1. The lowest BCUT2D eigenvalue weighted by molar-refractivity contribution is 0.0949. The largest absolute Gasteiger partial charge is 0.496 e. The minimum Gasteiger partial charge on any atom is -0.496 e. The van der Waals surface area contributed by atoms with Gasteiger partial charge >= 0.3 is 0 Å². The quantitative estimate of drug-likeness (QED) is 0.628. The molecule has 2 N–H and O–H groups in total. The molecule has 0 bridgehead atoms. The molecule has 0 aliphatic heterocycles. The number of para-hydroxylation sites is 1. The van der Waals surface area contributed by atoms with Crippen molar-refractivity contribution in [1.82, 2.24) is 15.3 Å². The number of amides is 1. The van der Waals surface area contributed by atoms with Gasteiger partial charge in [-0.15, -0.1) is 0 Å². The van der Waals surface area contributed by atoms with Crippen molar-refractivity contribution in [2.45, 2.75) is 13.0 Å². The molecular formula is C21H21FN4O2. The number of nitrogens with one attached hydrogen (secondary N) is 2. The van der Waals surface area contributed by atoms with Crippen LogP contribution < -0.4 is 15.4 Å². The Morgan fingerprint density at radius 2 is 1.89 bits per heavy atom. The van der Waals surface area contributed by atoms with Crippen LogP contribution in [-0.2, 0) is 13.0 Å². The number of halogens is 1. The molecule has 3 rings (SSSR count). The molecule has 0 saturated carbocycles. The fraction of sp³-hybridized carbons (Fsp3) is 0.190. The molecule has 7 heteroatoms. The van der Waals surface area contributed by atoms with E-state index in [9.17, 15) is 9.18 Å². The van der Waals surface area contributed by atoms with E-state index >= 15 is 0 Å². The highest BCUT2D eigenvalue weighted by atomic mass is 19.1. The molecular weight excluding hydrogens is 359 g/mol. The van der Waals surface area contributed by atoms with E-state index in [4.69, 9.17) is 4.74 Å². The second kappa shape index (κ2) is 9.45. The first-order valence-electron chi connectivity index (χ1n) is 8.87. The number of rotatable bonds is 8. The number of aromatic nitrogens is 2. The Kier molecular flexibility index (Phi) is 6.51. The van der Waals surface area contributed by atoms with Gasteiger partial charge in [0.05, 0.1) is 7.11 Å². The Morgan fingerprint density at radius 1 is 1.11 bits per heavy atom. The summed E-state index contributed by atoms with van der Waals surface area (Å²) >= 11 is 0. The average Bonchev–Trinajstić information content (AvgIpc) is 2.74. The fourth-order valence-corrected chi connectivity index (χ4v) is 2.66. The van der Waals surface area contributed by atoms with Gasteiger partial charge in [-0.2, -0.15) is 0 Å². The van der Waals surface area contributed by atoms with Crippen LogP contribution in [0.2, 0.25) is 0 Å². The van der Waals surface area contributed by atoms with Crippen LogP contribution in [0.3, 0.4) is 0 Å². The third kappa shape index (κ3) is 5.26. The van der Waals surface area contributed by atoms with E-state index in [0.29, 0.717) is 25.5 Å². The molecule has 28 heavy (non-hydrogen) atoms. The minimum atomic E-state index is -0.285. The zero-order chi connectivity index (χ0) is 19.8. The topological polar surface area (TPSA) is 76.1 Å². The van der Waals surface area contributed by atoms with Crippen LogP contribution in [0.5, 0.6) is 5.75 Å². The van der Waals surface area contributed by atoms with E-state index in [1.54, 1.807) is 25.3 Å². The molecule has 0 aliphatic carbocycles. The standard InChI is InChI=1S/C21H21FN4O2/c1-28-19-5-3-2-4-16(19)10-12-23-20(27)18-11-13-24-21(26-18)25-14-15-6-8-17(22)9-7-15/h2-9,11,13H,10,12,14H2,1H3,(H,23,27)(H,24,25,26). The third-order valence-corrected chi connectivity index (χ3v) is 4.12. The number of hydrogen-bond donors (Lipinski definition) is 2. The molecule has 3 aromatic rings. The number of benzene rings is 2. The van der Waals surface area contributed by atoms with Gasteiger partial charge in [-0.1, -0.05) is 30.3 Å². The summed E-state index contributed by atoms with van der Waals surface area (Å²) in [6.45, 7) is 0.890. The first kappa shape index (κ1) is 19.3. The van der Waals surface area contributed by atoms with Crippen molar-refractivity contribution in [3.8, 4) is 5.75 Å². The lowest BCUT2D eigenvalue weighted by Crippen LogP contribution is -2.27. The molecule has 144 valence electrons. The SMILES string of the molecule is COc1ccccc1CCNC(=O)c1ccnc(NCc2ccc(F)cc2)n1. The Balaban J connectivity index is 1.54. The van der Waals surface area contributed by atoms with E-state index in [1.807, 2.05) is 24.3 Å². The fourth-order valence-electron chi connectivity index (χ4n) is 2.66. The molecule has 0 aliphatic rings. The summed E-state index contributed by atoms with van der Waals surface area (Å²) in [5.74, 6) is 0.571. The molecule has 1 aromatic heterocycles. The summed E-state index contributed by atoms with van der Waals surface area (Å²) in [7, 11) is 1.62. The van der Waals surface area contributed by atoms with Crippen molar-refractivity contribution in [2.24, 2.45) is 0 Å². The maximum absolute atomic E-state index is 12.9. The van der Waals surface area contributed by atoms with Gasteiger partial charge in [-0.25, -0.2) is 14.4 Å². The predicted molar refractivity (Wildman–Crippen MR) is 105 cm³/mol. The summed E-state index contributed by atoms with van der Waals surface area (Å²) in [6.07, 6.45) is 2.17. The van der Waals surface area contributed by atoms with E-state index in [0.717, 1.165) is 16.9 Å². The van der Waals surface area contributed by atoms with E-state index < -0.39 is 0 Å². The summed E-state index contributed by atoms with van der Waals surface area (Å²) in [6, 6.07) is 15.4. The maximum Gasteiger partial charge on any atom is 0.270 e. The maximum atomic E-state index is 12.9. The van der Waals surface area contributed by atoms with Gasteiger partial charge in [0.1, 0.15) is 17.3 Å². The van der Waals surface area contributed by atoms with Crippen LogP contribution in [0.1, 0.15) is 21.6 Å². The zero-order valence-corrected chi connectivity index (χ0v) is 15.5. The van der Waals surface area contributed by atoms with Gasteiger partial charge in [0.2, 0.25) is 5.95 Å². The average molecular weight is 380 g/mol. The second-order valence-electron chi connectivity index (χ2n) is 6.06. The van der Waals surface area contributed by atoms with Crippen molar-refractivity contribution in [2.75, 3.05) is 19.0 Å². The molecule has 0 unspecified atom stereocenters. The first-order valence-corrected chi connectivity index (χ1v) is 8.87. The number of hydrogen-bond acceptors (Lipinski definition) is 5. The number of anilines is 1. The molecule has 1 amide bonds. The van der Waals surface area contributed by atoms with Crippen LogP contribution in [0.15, 0.2) is 60.8 Å². The third-order valence-electron chi connectivity index (χ3n) is 4.12. The number of nitrogens with zero attached hydrogens (tertiary/aromatic N) is 2. The summed E-state index contributed by atoms with van der Waals surface area (Å²) < 4.78 is 18.3. The smallest absolute Gasteiger partial charge is 0.270 e. The summed E-state index contributed by atoms with van der Waals surface area (Å²) in [5.41, 5.74) is 2.18. The lowest BCUT2D eigenvalue weighted by atomic mass is 10.1. The van der Waals surface area contributed by atoms with Crippen LogP contribution in [0.4, 0.5) is 10.3 Å². The van der Waals surface area contributed by atoms with E-state index in [2.05, 4.69) is 20.6 Å². The highest BCUT2D eigenvalue weighted by molar-refractivity contribution is 5.92. The number of carbonyl (C=O) groups excluding carboxylic acids is 1. The van der Waals surface area contributed by atoms with Crippen LogP contribution in [0, 0.1) is 5.82 Å². The molecule has 6 nitrogen and oxygen atoms in total. The second-order valence-corrected chi connectivity index (χ2v) is 6.06. The Hall–Kier alpha value is -3.48. The summed E-state index contributed by atoms with van der Waals surface area (Å²) in [4.78, 5) is 20.7. The molecule has 2 aromatic carbocycles. The van der Waals surface area contributed by atoms with Crippen molar-refractivity contribution in [3.63, 3.8) is 0 Å². The molecule has 1 heterocycles. The summed E-state index contributed by atoms with van der Waals surface area (Å²) in [5, 5.41) is 5.88. The molecule has 0 fully saturated rings. The van der Waals surface area contributed by atoms with Gasteiger partial charge in [0, 0.05) is 19.3 Å². The Labute approximate surface area is 162 Å². The predicted octanol–water partition coefficient (Wildman–Crippen LogP) is 3.21. The van der Waals surface area contributed by atoms with Gasteiger partial charge < -0.3 is 15.4 Å². The highest BCUT2D eigenvalue weighted by Gasteiger charge is 2.09.